The van der Waals surface area contributed by atoms with Crippen LogP contribution in [0, 0.1) is 6.92 Å². The lowest BCUT2D eigenvalue weighted by atomic mass is 10.1. The van der Waals surface area contributed by atoms with Gasteiger partial charge in [-0.2, -0.15) is 5.10 Å². The number of thioether (sulfide) groups is 1. The lowest BCUT2D eigenvalue weighted by Crippen LogP contribution is -2.20. The number of hydrogen-bond donors (Lipinski definition) is 2. The summed E-state index contributed by atoms with van der Waals surface area (Å²) in [6.45, 7) is 2.02. The molecule has 0 aliphatic heterocycles. The van der Waals surface area contributed by atoms with Crippen molar-refractivity contribution in [2.75, 3.05) is 20.0 Å². The van der Waals surface area contributed by atoms with Gasteiger partial charge in [-0.1, -0.05) is 47.7 Å². The number of phenols is 1. The number of rotatable bonds is 9. The van der Waals surface area contributed by atoms with Gasteiger partial charge in [-0.15, -0.1) is 10.2 Å². The monoisotopic (exact) mass is 503 g/mol. The summed E-state index contributed by atoms with van der Waals surface area (Å²) in [7, 11) is 3.08. The van der Waals surface area contributed by atoms with Crippen molar-refractivity contribution in [3.8, 4) is 34.3 Å². The molecule has 2 N–H and O–H groups in total. The molecule has 0 fully saturated rings. The molecule has 36 heavy (non-hydrogen) atoms. The van der Waals surface area contributed by atoms with Crippen molar-refractivity contribution >= 4 is 23.9 Å². The quantitative estimate of drug-likeness (QED) is 0.200. The van der Waals surface area contributed by atoms with E-state index < -0.39 is 0 Å². The summed E-state index contributed by atoms with van der Waals surface area (Å²) in [6.07, 6.45) is 1.36. The van der Waals surface area contributed by atoms with E-state index in [0.29, 0.717) is 22.3 Å². The van der Waals surface area contributed by atoms with E-state index in [0.717, 1.165) is 22.6 Å². The second-order valence-corrected chi connectivity index (χ2v) is 8.63. The number of carbonyl (C=O) groups is 1. The number of amides is 1. The lowest BCUT2D eigenvalue weighted by molar-refractivity contribution is -0.118. The Bertz CT molecular complexity index is 1370. The second kappa shape index (κ2) is 11.4. The Labute approximate surface area is 212 Å². The van der Waals surface area contributed by atoms with Crippen molar-refractivity contribution in [2.45, 2.75) is 12.1 Å². The van der Waals surface area contributed by atoms with E-state index in [1.165, 1.54) is 25.1 Å². The number of hydrazone groups is 1. The molecule has 1 amide bonds. The topological polar surface area (TPSA) is 111 Å². The van der Waals surface area contributed by atoms with Crippen LogP contribution in [0.4, 0.5) is 0 Å². The van der Waals surface area contributed by atoms with Crippen LogP contribution in [0.5, 0.6) is 17.2 Å². The number of para-hydroxylation sites is 1. The number of carbonyl (C=O) groups excluding carboxylic acids is 1. The van der Waals surface area contributed by atoms with Gasteiger partial charge in [0.1, 0.15) is 5.75 Å². The van der Waals surface area contributed by atoms with E-state index in [1.807, 2.05) is 60.0 Å². The van der Waals surface area contributed by atoms with Crippen LogP contribution >= 0.6 is 11.8 Å². The molecule has 0 aliphatic carbocycles. The number of aryl methyl sites for hydroxylation is 1. The minimum absolute atomic E-state index is 0.0522. The number of phenolic OH excluding ortho intramolecular Hbond substituents is 1. The first kappa shape index (κ1) is 24.8. The van der Waals surface area contributed by atoms with Gasteiger partial charge in [0.25, 0.3) is 5.91 Å². The van der Waals surface area contributed by atoms with Gasteiger partial charge in [0, 0.05) is 16.8 Å². The van der Waals surface area contributed by atoms with Gasteiger partial charge in [-0.05, 0) is 43.3 Å². The number of methoxy groups -OCH3 is 2. The highest BCUT2D eigenvalue weighted by molar-refractivity contribution is 7.99. The van der Waals surface area contributed by atoms with Crippen molar-refractivity contribution in [3.05, 3.63) is 77.9 Å². The molecule has 0 radical (unpaired) electrons. The lowest BCUT2D eigenvalue weighted by Gasteiger charge is -2.11. The molecule has 0 atom stereocenters. The third-order valence-electron chi connectivity index (χ3n) is 5.25. The molecule has 0 saturated heterocycles. The molecule has 1 heterocycles. The van der Waals surface area contributed by atoms with Crippen LogP contribution < -0.4 is 14.9 Å². The molecule has 3 aromatic carbocycles. The first-order valence-corrected chi connectivity index (χ1v) is 12.0. The van der Waals surface area contributed by atoms with Gasteiger partial charge >= 0.3 is 0 Å². The van der Waals surface area contributed by atoms with Crippen LogP contribution in [-0.4, -0.2) is 52.0 Å². The van der Waals surface area contributed by atoms with Crippen molar-refractivity contribution in [3.63, 3.8) is 0 Å². The molecule has 0 saturated carbocycles. The third kappa shape index (κ3) is 5.66. The fraction of sp³-hybridized carbons (Fsp3) is 0.154. The molecular weight excluding hydrogens is 478 g/mol. The largest absolute Gasteiger partial charge is 0.504 e. The smallest absolute Gasteiger partial charge is 0.250 e. The predicted octanol–water partition coefficient (Wildman–Crippen LogP) is 4.21. The van der Waals surface area contributed by atoms with E-state index in [2.05, 4.69) is 20.7 Å². The van der Waals surface area contributed by atoms with Gasteiger partial charge in [-0.3, -0.25) is 9.36 Å². The zero-order valence-electron chi connectivity index (χ0n) is 20.0. The van der Waals surface area contributed by atoms with E-state index in [1.54, 1.807) is 25.3 Å². The van der Waals surface area contributed by atoms with Crippen molar-refractivity contribution in [1.82, 2.24) is 20.2 Å². The van der Waals surface area contributed by atoms with Crippen LogP contribution in [0.1, 0.15) is 11.1 Å². The Morgan fingerprint density at radius 3 is 2.50 bits per heavy atom. The van der Waals surface area contributed by atoms with Crippen LogP contribution in [0.25, 0.3) is 17.1 Å². The number of aromatic nitrogens is 3. The van der Waals surface area contributed by atoms with Gasteiger partial charge in [-0.25, -0.2) is 5.43 Å². The van der Waals surface area contributed by atoms with E-state index in [4.69, 9.17) is 9.47 Å². The van der Waals surface area contributed by atoms with E-state index in [9.17, 15) is 9.90 Å². The minimum atomic E-state index is -0.334. The number of aromatic hydroxyl groups is 1. The Kier molecular flexibility index (Phi) is 7.86. The summed E-state index contributed by atoms with van der Waals surface area (Å²) in [5.41, 5.74) is 5.78. The summed E-state index contributed by atoms with van der Waals surface area (Å²) in [5, 5.41) is 23.4. The van der Waals surface area contributed by atoms with Crippen LogP contribution in [0.3, 0.4) is 0 Å². The summed E-state index contributed by atoms with van der Waals surface area (Å²) in [4.78, 5) is 12.5. The minimum Gasteiger partial charge on any atom is -0.504 e. The second-order valence-electron chi connectivity index (χ2n) is 7.69. The molecule has 9 nitrogen and oxygen atoms in total. The van der Waals surface area contributed by atoms with Crippen LogP contribution in [0.15, 0.2) is 77.0 Å². The zero-order valence-corrected chi connectivity index (χ0v) is 20.8. The average molecular weight is 504 g/mol. The summed E-state index contributed by atoms with van der Waals surface area (Å²) in [6, 6.07) is 20.6. The molecule has 184 valence electrons. The Morgan fingerprint density at radius 2 is 1.81 bits per heavy atom. The van der Waals surface area contributed by atoms with Crippen molar-refractivity contribution < 1.29 is 19.4 Å². The fourth-order valence-electron chi connectivity index (χ4n) is 3.36. The highest BCUT2D eigenvalue weighted by atomic mass is 32.2. The highest BCUT2D eigenvalue weighted by Crippen LogP contribution is 2.30. The molecule has 1 aromatic heterocycles. The van der Waals surface area contributed by atoms with Crippen LogP contribution in [0.2, 0.25) is 0 Å². The molecular formula is C26H25N5O4S. The maximum Gasteiger partial charge on any atom is 0.250 e. The van der Waals surface area contributed by atoms with E-state index in [-0.39, 0.29) is 17.4 Å². The molecule has 0 bridgehead atoms. The number of nitrogens with one attached hydrogen (secondary N) is 1. The summed E-state index contributed by atoms with van der Waals surface area (Å²) < 4.78 is 12.3. The van der Waals surface area contributed by atoms with E-state index >= 15 is 0 Å². The number of ether oxygens (including phenoxy) is 2. The number of hydrogen-bond acceptors (Lipinski definition) is 8. The standard InChI is InChI=1S/C26H25N5O4S/c1-17-7-9-18(10-8-17)25-29-30-26(31(25)20-11-13-21(34-2)14-12-20)36-16-23(32)28-27-15-19-5-4-6-22(35-3)24(19)33/h4-15,33H,16H2,1-3H3,(H,28,32). The maximum absolute atomic E-state index is 12.5. The highest BCUT2D eigenvalue weighted by Gasteiger charge is 2.17. The Balaban J connectivity index is 1.51. The molecule has 0 spiro atoms. The molecule has 10 heteroatoms. The molecule has 0 aliphatic rings. The first-order valence-electron chi connectivity index (χ1n) is 11.0. The van der Waals surface area contributed by atoms with Crippen LogP contribution in [-0.2, 0) is 4.79 Å². The SMILES string of the molecule is COc1ccc(-n2c(SCC(=O)NN=Cc3cccc(OC)c3O)nnc2-c2ccc(C)cc2)cc1. The van der Waals surface area contributed by atoms with Gasteiger partial charge in [0.05, 0.1) is 26.2 Å². The molecule has 4 aromatic rings. The molecule has 4 rings (SSSR count). The van der Waals surface area contributed by atoms with Crippen molar-refractivity contribution in [2.24, 2.45) is 5.10 Å². The number of benzene rings is 3. The summed E-state index contributed by atoms with van der Waals surface area (Å²) in [5.74, 6) is 1.39. The van der Waals surface area contributed by atoms with Gasteiger partial charge in [0.15, 0.2) is 22.5 Å². The zero-order chi connectivity index (χ0) is 25.5. The third-order valence-corrected chi connectivity index (χ3v) is 6.18. The Hall–Kier alpha value is -4.31. The van der Waals surface area contributed by atoms with Gasteiger partial charge < -0.3 is 14.6 Å². The normalized spacial score (nSPS) is 11.0. The van der Waals surface area contributed by atoms with Gasteiger partial charge in [0.2, 0.25) is 0 Å². The van der Waals surface area contributed by atoms with Crippen molar-refractivity contribution in [1.29, 1.82) is 0 Å². The Morgan fingerprint density at radius 1 is 1.06 bits per heavy atom. The maximum atomic E-state index is 12.5. The first-order chi connectivity index (χ1) is 17.5. The fourth-order valence-corrected chi connectivity index (χ4v) is 4.11. The average Bonchev–Trinajstić information content (AvgIpc) is 3.33. The molecule has 0 unspecified atom stereocenters. The number of nitrogens with zero attached hydrogens (tertiary/aromatic N) is 4. The summed E-state index contributed by atoms with van der Waals surface area (Å²) >= 11 is 1.24. The predicted molar refractivity (Wildman–Crippen MR) is 139 cm³/mol.